The van der Waals surface area contributed by atoms with E-state index in [2.05, 4.69) is 15.1 Å². The van der Waals surface area contributed by atoms with E-state index in [1.165, 1.54) is 12.1 Å². The Labute approximate surface area is 180 Å². The highest BCUT2D eigenvalue weighted by atomic mass is 19.1. The lowest BCUT2D eigenvalue weighted by atomic mass is 10.0. The number of hydrogen-bond acceptors (Lipinski definition) is 4. The number of methoxy groups -OCH3 is 1. The second-order valence-corrected chi connectivity index (χ2v) is 7.41. The highest BCUT2D eigenvalue weighted by molar-refractivity contribution is 5.69. The minimum absolute atomic E-state index is 0.00161. The molecule has 1 unspecified atom stereocenters. The Morgan fingerprint density at radius 1 is 1.10 bits per heavy atom. The summed E-state index contributed by atoms with van der Waals surface area (Å²) in [6, 6.07) is 12.4. The van der Waals surface area contributed by atoms with Crippen LogP contribution in [0, 0.1) is 12.7 Å². The van der Waals surface area contributed by atoms with Crippen LogP contribution in [0.1, 0.15) is 41.3 Å². The first kappa shape index (κ1) is 20.5. The summed E-state index contributed by atoms with van der Waals surface area (Å²) >= 11 is 0. The molecule has 1 atom stereocenters. The van der Waals surface area contributed by atoms with Gasteiger partial charge in [-0.15, -0.1) is 0 Å². The summed E-state index contributed by atoms with van der Waals surface area (Å²) in [4.78, 5) is 8.94. The van der Waals surface area contributed by atoms with Crippen LogP contribution in [0.3, 0.4) is 0 Å². The molecule has 0 radical (unpaired) electrons. The summed E-state index contributed by atoms with van der Waals surface area (Å²) in [7, 11) is 3.52. The van der Waals surface area contributed by atoms with Gasteiger partial charge >= 0.3 is 0 Å². The van der Waals surface area contributed by atoms with Gasteiger partial charge in [0.2, 0.25) is 0 Å². The van der Waals surface area contributed by atoms with E-state index in [0.29, 0.717) is 5.82 Å². The number of aryl methyl sites for hydroxylation is 2. The van der Waals surface area contributed by atoms with E-state index in [1.807, 2.05) is 62.0 Å². The molecule has 31 heavy (non-hydrogen) atoms. The average molecular weight is 417 g/mol. The van der Waals surface area contributed by atoms with Gasteiger partial charge in [0.05, 0.1) is 24.8 Å². The third-order valence-electron chi connectivity index (χ3n) is 5.19. The second-order valence-electron chi connectivity index (χ2n) is 7.41. The van der Waals surface area contributed by atoms with E-state index in [1.54, 1.807) is 30.3 Å². The fraction of sp³-hybridized carbons (Fsp3) is 0.208. The molecule has 4 rings (SSSR count). The number of imidazole rings is 1. The molecular weight excluding hydrogens is 393 g/mol. The number of benzene rings is 2. The Morgan fingerprint density at radius 2 is 1.87 bits per heavy atom. The Bertz CT molecular complexity index is 1220. The van der Waals surface area contributed by atoms with E-state index in [9.17, 15) is 4.39 Å². The minimum atomic E-state index is -0.248. The zero-order valence-corrected chi connectivity index (χ0v) is 18.0. The van der Waals surface area contributed by atoms with Gasteiger partial charge in [0.1, 0.15) is 17.4 Å². The van der Waals surface area contributed by atoms with Crippen LogP contribution in [0.5, 0.6) is 5.75 Å². The van der Waals surface area contributed by atoms with Crippen molar-refractivity contribution in [3.05, 3.63) is 89.3 Å². The van der Waals surface area contributed by atoms with E-state index < -0.39 is 0 Å². The van der Waals surface area contributed by atoms with Crippen LogP contribution in [0.15, 0.2) is 55.0 Å². The Kier molecular flexibility index (Phi) is 5.66. The van der Waals surface area contributed by atoms with Gasteiger partial charge in [0, 0.05) is 19.2 Å². The van der Waals surface area contributed by atoms with E-state index in [0.717, 1.165) is 34.1 Å². The summed E-state index contributed by atoms with van der Waals surface area (Å²) in [5, 5.41) is 4.50. The third kappa shape index (κ3) is 4.40. The fourth-order valence-electron chi connectivity index (χ4n) is 3.50. The smallest absolute Gasteiger partial charge is 0.174 e. The van der Waals surface area contributed by atoms with Crippen molar-refractivity contribution < 1.29 is 9.13 Å². The molecule has 6 nitrogen and oxygen atoms in total. The summed E-state index contributed by atoms with van der Waals surface area (Å²) < 4.78 is 22.5. The maximum atomic E-state index is 13.2. The zero-order valence-electron chi connectivity index (χ0n) is 18.0. The van der Waals surface area contributed by atoms with Crippen molar-refractivity contribution in [1.82, 2.24) is 24.3 Å². The quantitative estimate of drug-likeness (QED) is 0.453. The molecule has 2 aromatic carbocycles. The van der Waals surface area contributed by atoms with Gasteiger partial charge in [-0.2, -0.15) is 5.10 Å². The molecule has 0 aliphatic carbocycles. The van der Waals surface area contributed by atoms with Crippen LogP contribution < -0.4 is 4.74 Å². The zero-order chi connectivity index (χ0) is 22.0. The monoisotopic (exact) mass is 417 g/mol. The maximum Gasteiger partial charge on any atom is 0.174 e. The molecule has 0 fully saturated rings. The van der Waals surface area contributed by atoms with Crippen molar-refractivity contribution in [1.29, 1.82) is 0 Å². The molecule has 0 saturated heterocycles. The molecule has 0 aliphatic rings. The lowest BCUT2D eigenvalue weighted by Crippen LogP contribution is -2.05. The predicted molar refractivity (Wildman–Crippen MR) is 119 cm³/mol. The summed E-state index contributed by atoms with van der Waals surface area (Å²) in [6.07, 6.45) is 7.54. The lowest BCUT2D eigenvalue weighted by molar-refractivity contribution is 0.413. The number of hydrogen-bond donors (Lipinski definition) is 0. The normalized spacial score (nSPS) is 12.4. The number of halogens is 1. The molecule has 0 aliphatic heterocycles. The van der Waals surface area contributed by atoms with E-state index in [-0.39, 0.29) is 11.7 Å². The van der Waals surface area contributed by atoms with Crippen LogP contribution in [-0.4, -0.2) is 31.4 Å². The van der Waals surface area contributed by atoms with Crippen LogP contribution in [0.4, 0.5) is 4.39 Å². The van der Waals surface area contributed by atoms with Gasteiger partial charge < -0.3 is 9.30 Å². The largest absolute Gasteiger partial charge is 0.495 e. The van der Waals surface area contributed by atoms with Crippen molar-refractivity contribution in [2.24, 2.45) is 7.05 Å². The van der Waals surface area contributed by atoms with Crippen LogP contribution in [0.25, 0.3) is 17.8 Å². The van der Waals surface area contributed by atoms with Gasteiger partial charge in [-0.25, -0.2) is 14.4 Å². The van der Waals surface area contributed by atoms with Gasteiger partial charge in [-0.1, -0.05) is 31.2 Å². The Morgan fingerprint density at radius 3 is 2.55 bits per heavy atom. The second kappa shape index (κ2) is 8.55. The van der Waals surface area contributed by atoms with Crippen LogP contribution in [-0.2, 0) is 7.05 Å². The molecule has 0 saturated carbocycles. The van der Waals surface area contributed by atoms with Gasteiger partial charge in [0.15, 0.2) is 5.82 Å². The summed E-state index contributed by atoms with van der Waals surface area (Å²) in [5.41, 5.74) is 3.82. The molecule has 2 aromatic heterocycles. The molecule has 2 heterocycles. The van der Waals surface area contributed by atoms with Crippen molar-refractivity contribution in [3.63, 3.8) is 0 Å². The lowest BCUT2D eigenvalue weighted by Gasteiger charge is -2.10. The molecule has 4 aromatic rings. The number of rotatable bonds is 6. The number of ether oxygens (including phenoxy) is 1. The van der Waals surface area contributed by atoms with Gasteiger partial charge in [-0.05, 0) is 48.4 Å². The Balaban J connectivity index is 1.56. The predicted octanol–water partition coefficient (Wildman–Crippen LogP) is 4.78. The standard InChI is InChI=1S/C24H24FN5O/c1-16-14-30(15-26-16)21-11-5-18(13-22(21)31-4)6-12-23-27-24(29(3)28-23)17(2)19-7-9-20(25)10-8-19/h5-15,17H,1-4H3/b12-6+. The molecule has 0 N–H and O–H groups in total. The summed E-state index contributed by atoms with van der Waals surface area (Å²) in [5.74, 6) is 1.92. The molecule has 7 heteroatoms. The highest BCUT2D eigenvalue weighted by Crippen LogP contribution is 2.26. The average Bonchev–Trinajstić information content (AvgIpc) is 3.37. The molecular formula is C24H24FN5O. The number of aromatic nitrogens is 5. The third-order valence-corrected chi connectivity index (χ3v) is 5.19. The topological polar surface area (TPSA) is 57.8 Å². The van der Waals surface area contributed by atoms with Crippen molar-refractivity contribution in [3.8, 4) is 11.4 Å². The van der Waals surface area contributed by atoms with Crippen LogP contribution in [0.2, 0.25) is 0 Å². The van der Waals surface area contributed by atoms with Crippen molar-refractivity contribution in [2.75, 3.05) is 7.11 Å². The van der Waals surface area contributed by atoms with Crippen molar-refractivity contribution >= 4 is 12.2 Å². The first-order valence-corrected chi connectivity index (χ1v) is 9.98. The SMILES string of the molecule is COc1cc(/C=C/c2nc(C(C)c3ccc(F)cc3)n(C)n2)ccc1-n1cnc(C)c1. The van der Waals surface area contributed by atoms with E-state index >= 15 is 0 Å². The highest BCUT2D eigenvalue weighted by Gasteiger charge is 2.15. The van der Waals surface area contributed by atoms with Gasteiger partial charge in [-0.3, -0.25) is 4.68 Å². The minimum Gasteiger partial charge on any atom is -0.495 e. The number of nitrogens with zero attached hydrogens (tertiary/aromatic N) is 5. The van der Waals surface area contributed by atoms with Crippen LogP contribution >= 0.6 is 0 Å². The molecule has 0 amide bonds. The van der Waals surface area contributed by atoms with Crippen molar-refractivity contribution in [2.45, 2.75) is 19.8 Å². The first-order valence-electron chi connectivity index (χ1n) is 9.98. The first-order chi connectivity index (χ1) is 14.9. The summed E-state index contributed by atoms with van der Waals surface area (Å²) in [6.45, 7) is 3.98. The molecule has 0 bridgehead atoms. The van der Waals surface area contributed by atoms with Gasteiger partial charge in [0.25, 0.3) is 0 Å². The Hall–Kier alpha value is -3.74. The maximum absolute atomic E-state index is 13.2. The fourth-order valence-corrected chi connectivity index (χ4v) is 3.50. The molecule has 158 valence electrons. The van der Waals surface area contributed by atoms with E-state index in [4.69, 9.17) is 4.74 Å². The molecule has 0 spiro atoms.